The van der Waals surface area contributed by atoms with Crippen molar-refractivity contribution in [1.29, 1.82) is 0 Å². The van der Waals surface area contributed by atoms with E-state index in [1.807, 2.05) is 0 Å². The summed E-state index contributed by atoms with van der Waals surface area (Å²) in [7, 11) is -4.87. The van der Waals surface area contributed by atoms with Crippen LogP contribution in [0.5, 0.6) is 11.5 Å². The average Bonchev–Trinajstić information content (AvgIpc) is 3.30. The maximum atomic E-state index is 14.9. The molecule has 2 amide bonds. The molecule has 14 heteroatoms. The molecule has 4 N–H and O–H groups in total. The molecule has 0 aliphatic heterocycles. The second-order valence-corrected chi connectivity index (χ2v) is 9.95. The van der Waals surface area contributed by atoms with Gasteiger partial charge in [-0.2, -0.15) is 0 Å². The zero-order chi connectivity index (χ0) is 25.6. The molecule has 0 saturated heterocycles. The van der Waals surface area contributed by atoms with E-state index < -0.39 is 38.6 Å². The monoisotopic (exact) mass is 542 g/mol. The number of halogens is 2. The average molecular weight is 543 g/mol. The number of aryl methyl sites for hydroxylation is 1. The molecule has 1 heterocycles. The highest BCUT2D eigenvalue weighted by Gasteiger charge is 2.35. The second kappa shape index (κ2) is 11.4. The van der Waals surface area contributed by atoms with E-state index in [-0.39, 0.29) is 21.6 Å². The summed E-state index contributed by atoms with van der Waals surface area (Å²) in [6.07, 6.45) is -0.657. The summed E-state index contributed by atoms with van der Waals surface area (Å²) in [6, 6.07) is 8.49. The largest absolute Gasteiger partial charge is 0.464 e. The number of nitrogens with zero attached hydrogens (tertiary/aromatic N) is 2. The smallest absolute Gasteiger partial charge is 0.427 e. The number of ether oxygens (including phenoxy) is 1. The van der Waals surface area contributed by atoms with Gasteiger partial charge >= 0.3 is 6.09 Å². The van der Waals surface area contributed by atoms with Crippen molar-refractivity contribution in [2.45, 2.75) is 17.7 Å². The Hall–Kier alpha value is -3.26. The number of rotatable bonds is 11. The van der Waals surface area contributed by atoms with E-state index in [9.17, 15) is 27.5 Å². The first-order valence-electron chi connectivity index (χ1n) is 10.0. The Balaban J connectivity index is 1.84. The molecule has 0 radical (unpaired) electrons. The maximum absolute atomic E-state index is 14.9. The molecule has 0 aliphatic carbocycles. The van der Waals surface area contributed by atoms with Gasteiger partial charge in [-0.1, -0.05) is 29.8 Å². The third-order valence-corrected chi connectivity index (χ3v) is 7.16. The van der Waals surface area contributed by atoms with Crippen molar-refractivity contribution in [1.82, 2.24) is 10.3 Å². The van der Waals surface area contributed by atoms with Crippen LogP contribution >= 0.6 is 22.9 Å². The van der Waals surface area contributed by atoms with Gasteiger partial charge in [0.25, 0.3) is 10.0 Å². The van der Waals surface area contributed by atoms with Crippen LogP contribution < -0.4 is 20.1 Å². The summed E-state index contributed by atoms with van der Waals surface area (Å²) in [4.78, 5) is 25.2. The SMILES string of the molecule is NC(=O)CNCCCc1ccccc1Oc1cc(F)c(S(=O)(=O)N(C(=O)O)c2cscn2)cc1Cl. The van der Waals surface area contributed by atoms with Crippen molar-refractivity contribution in [3.8, 4) is 11.5 Å². The van der Waals surface area contributed by atoms with Gasteiger partial charge in [0.1, 0.15) is 22.2 Å². The number of nitrogens with one attached hydrogen (secondary N) is 1. The molecule has 0 unspecified atom stereocenters. The molecule has 1 aromatic heterocycles. The summed E-state index contributed by atoms with van der Waals surface area (Å²) >= 11 is 7.18. The molecule has 0 saturated carbocycles. The van der Waals surface area contributed by atoms with Gasteiger partial charge in [-0.15, -0.1) is 15.6 Å². The Morgan fingerprint density at radius 1 is 1.26 bits per heavy atom. The highest BCUT2D eigenvalue weighted by Crippen LogP contribution is 2.36. The molecular weight excluding hydrogens is 523 g/mol. The molecule has 186 valence electrons. The van der Waals surface area contributed by atoms with Gasteiger partial charge in [-0.25, -0.2) is 22.6 Å². The molecule has 0 bridgehead atoms. The molecule has 3 aromatic rings. The number of sulfonamides is 1. The predicted octanol–water partition coefficient (Wildman–Crippen LogP) is 3.61. The zero-order valence-electron chi connectivity index (χ0n) is 18.0. The lowest BCUT2D eigenvalue weighted by molar-refractivity contribution is -0.117. The van der Waals surface area contributed by atoms with Crippen LogP contribution in [0.4, 0.5) is 15.0 Å². The van der Waals surface area contributed by atoms with Crippen molar-refractivity contribution in [2.75, 3.05) is 17.4 Å². The number of anilines is 1. The van der Waals surface area contributed by atoms with Gasteiger partial charge in [-0.3, -0.25) is 4.79 Å². The minimum absolute atomic E-state index is 0.0274. The fourth-order valence-corrected chi connectivity index (χ4v) is 5.23. The van der Waals surface area contributed by atoms with E-state index in [0.717, 1.165) is 29.0 Å². The summed E-state index contributed by atoms with van der Waals surface area (Å²) < 4.78 is 46.5. The minimum Gasteiger partial charge on any atom is -0.464 e. The van der Waals surface area contributed by atoms with Gasteiger partial charge < -0.3 is 20.9 Å². The highest BCUT2D eigenvalue weighted by molar-refractivity contribution is 7.93. The molecule has 35 heavy (non-hydrogen) atoms. The van der Waals surface area contributed by atoms with Gasteiger partial charge in [-0.05, 0) is 37.1 Å². The normalized spacial score (nSPS) is 11.3. The van der Waals surface area contributed by atoms with Crippen LogP contribution in [0.3, 0.4) is 0 Å². The van der Waals surface area contributed by atoms with E-state index in [1.54, 1.807) is 24.3 Å². The van der Waals surface area contributed by atoms with Gasteiger partial charge in [0.2, 0.25) is 5.91 Å². The zero-order valence-corrected chi connectivity index (χ0v) is 20.4. The first-order valence-corrected chi connectivity index (χ1v) is 12.8. The van der Waals surface area contributed by atoms with Crippen LogP contribution in [0.1, 0.15) is 12.0 Å². The fourth-order valence-electron chi connectivity index (χ4n) is 3.06. The number of nitrogens with two attached hydrogens (primary N) is 1. The number of carboxylic acid groups (broad SMARTS) is 1. The van der Waals surface area contributed by atoms with Crippen LogP contribution in [0, 0.1) is 5.82 Å². The summed E-state index contributed by atoms with van der Waals surface area (Å²) in [6.45, 7) is 0.586. The number of carbonyl (C=O) groups is 2. The number of primary amides is 1. The molecule has 0 spiro atoms. The topological polar surface area (TPSA) is 152 Å². The van der Waals surface area contributed by atoms with Gasteiger partial charge in [0.15, 0.2) is 5.82 Å². The Labute approximate surface area is 209 Å². The number of hydrogen-bond donors (Lipinski definition) is 3. The number of benzene rings is 2. The Bertz CT molecular complexity index is 1320. The van der Waals surface area contributed by atoms with E-state index >= 15 is 0 Å². The fraction of sp³-hybridized carbons (Fsp3) is 0.190. The molecule has 3 rings (SSSR count). The maximum Gasteiger partial charge on any atom is 0.427 e. The van der Waals surface area contributed by atoms with Crippen molar-refractivity contribution in [3.05, 3.63) is 63.7 Å². The molecule has 2 aromatic carbocycles. The predicted molar refractivity (Wildman–Crippen MR) is 128 cm³/mol. The third-order valence-electron chi connectivity index (χ3n) is 4.60. The van der Waals surface area contributed by atoms with Crippen LogP contribution in [-0.2, 0) is 21.2 Å². The van der Waals surface area contributed by atoms with E-state index in [0.29, 0.717) is 25.1 Å². The lowest BCUT2D eigenvalue weighted by Crippen LogP contribution is -2.36. The van der Waals surface area contributed by atoms with E-state index in [2.05, 4.69) is 10.3 Å². The number of hydrogen-bond acceptors (Lipinski definition) is 8. The quantitative estimate of drug-likeness (QED) is 0.311. The first kappa shape index (κ1) is 26.3. The Kier molecular flexibility index (Phi) is 8.62. The molecule has 10 nitrogen and oxygen atoms in total. The standard InChI is InChI=1S/C21H20ClFN4O6S2/c22-14-8-18(35(31,32)27(21(29)30)20-11-34-12-26-20)15(23)9-17(14)33-16-6-2-1-4-13(16)5-3-7-25-10-19(24)28/h1-2,4,6,8-9,11-12,25H,3,5,7,10H2,(H2,24,28)(H,29,30). The minimum atomic E-state index is -4.87. The van der Waals surface area contributed by atoms with Crippen molar-refractivity contribution >= 4 is 50.8 Å². The van der Waals surface area contributed by atoms with Gasteiger partial charge in [0.05, 0.1) is 17.1 Å². The Morgan fingerprint density at radius 3 is 2.66 bits per heavy atom. The van der Waals surface area contributed by atoms with Crippen molar-refractivity contribution < 1.29 is 32.2 Å². The lowest BCUT2D eigenvalue weighted by Gasteiger charge is -2.18. The molecule has 0 atom stereocenters. The number of para-hydroxylation sites is 1. The third kappa shape index (κ3) is 6.45. The summed E-state index contributed by atoms with van der Waals surface area (Å²) in [5.74, 6) is -1.89. The second-order valence-electron chi connectivity index (χ2n) is 7.07. The lowest BCUT2D eigenvalue weighted by atomic mass is 10.1. The molecular formula is C21H20ClFN4O6S2. The number of aromatic nitrogens is 1. The van der Waals surface area contributed by atoms with Gasteiger partial charge in [0, 0.05) is 11.4 Å². The van der Waals surface area contributed by atoms with E-state index in [4.69, 9.17) is 22.1 Å². The van der Waals surface area contributed by atoms with Crippen molar-refractivity contribution in [2.24, 2.45) is 5.73 Å². The van der Waals surface area contributed by atoms with Crippen LogP contribution in [-0.4, -0.2) is 43.6 Å². The number of amides is 2. The number of thiazole rings is 1. The van der Waals surface area contributed by atoms with E-state index in [1.165, 1.54) is 10.9 Å². The molecule has 0 aliphatic rings. The van der Waals surface area contributed by atoms with Crippen LogP contribution in [0.25, 0.3) is 0 Å². The summed E-state index contributed by atoms with van der Waals surface area (Å²) in [5, 5.41) is 13.3. The van der Waals surface area contributed by atoms with Crippen LogP contribution in [0.2, 0.25) is 5.02 Å². The number of carbonyl (C=O) groups excluding carboxylic acids is 1. The highest BCUT2D eigenvalue weighted by atomic mass is 35.5. The molecule has 0 fully saturated rings. The first-order chi connectivity index (χ1) is 16.6. The van der Waals surface area contributed by atoms with Crippen LogP contribution in [0.15, 0.2) is 52.2 Å². The Morgan fingerprint density at radius 2 is 2.00 bits per heavy atom. The summed E-state index contributed by atoms with van der Waals surface area (Å²) in [5.41, 5.74) is 7.09. The van der Waals surface area contributed by atoms with Crippen molar-refractivity contribution in [3.63, 3.8) is 0 Å².